The van der Waals surface area contributed by atoms with Crippen LogP contribution in [0.3, 0.4) is 0 Å². The summed E-state index contributed by atoms with van der Waals surface area (Å²) in [5, 5.41) is 2.52. The maximum Gasteiger partial charge on any atom is 0.416 e. The molecule has 0 bridgehead atoms. The average Bonchev–Trinajstić information content (AvgIpc) is 3.53. The summed E-state index contributed by atoms with van der Waals surface area (Å²) in [5.41, 5.74) is 5.94. The van der Waals surface area contributed by atoms with Gasteiger partial charge in [0, 0.05) is 37.7 Å². The number of nitrogens with one attached hydrogen (secondary N) is 1. The second-order valence-electron chi connectivity index (χ2n) is 9.19. The fourth-order valence-electron chi connectivity index (χ4n) is 4.92. The van der Waals surface area contributed by atoms with E-state index in [4.69, 9.17) is 10.7 Å². The van der Waals surface area contributed by atoms with Gasteiger partial charge in [-0.3, -0.25) is 18.9 Å². The van der Waals surface area contributed by atoms with Crippen molar-refractivity contribution >= 4 is 40.7 Å². The van der Waals surface area contributed by atoms with E-state index in [-0.39, 0.29) is 48.9 Å². The first kappa shape index (κ1) is 26.0. The number of benzene rings is 1. The normalized spacial score (nSPS) is 18.1. The number of carbonyl (C=O) groups excluding carboxylic acids is 3. The lowest BCUT2D eigenvalue weighted by Crippen LogP contribution is -2.53. The Morgan fingerprint density at radius 3 is 2.56 bits per heavy atom. The number of urea groups is 1. The summed E-state index contributed by atoms with van der Waals surface area (Å²) >= 11 is 0. The van der Waals surface area contributed by atoms with Gasteiger partial charge in [0.05, 0.1) is 11.6 Å². The fraction of sp³-hybridized carbons (Fsp3) is 0.320. The smallest absolute Gasteiger partial charge is 0.382 e. The molecule has 0 spiro atoms. The maximum atomic E-state index is 13.2. The predicted molar refractivity (Wildman–Crippen MR) is 136 cm³/mol. The zero-order valence-electron chi connectivity index (χ0n) is 20.7. The van der Waals surface area contributed by atoms with E-state index in [9.17, 15) is 27.6 Å². The van der Waals surface area contributed by atoms with Gasteiger partial charge in [-0.15, -0.1) is 0 Å². The van der Waals surface area contributed by atoms with E-state index in [1.807, 2.05) is 0 Å². The molecule has 3 aromatic rings. The molecule has 0 aliphatic carbocycles. The number of fused-ring (bicyclic) bond motifs is 1. The summed E-state index contributed by atoms with van der Waals surface area (Å²) in [5.74, 6) is 0.324. The molecule has 11 nitrogen and oxygen atoms in total. The molecule has 5 rings (SSSR count). The number of aromatic nitrogens is 3. The summed E-state index contributed by atoms with van der Waals surface area (Å²) in [6, 6.07) is 3.07. The summed E-state index contributed by atoms with van der Waals surface area (Å²) in [6.07, 6.45) is 1.40. The number of nitrogen functional groups attached to an aromatic ring is 1. The molecule has 14 heteroatoms. The van der Waals surface area contributed by atoms with Crippen molar-refractivity contribution in [3.05, 3.63) is 60.7 Å². The molecule has 1 unspecified atom stereocenters. The Balaban J connectivity index is 1.36. The Labute approximate surface area is 220 Å². The minimum Gasteiger partial charge on any atom is -0.382 e. The Morgan fingerprint density at radius 2 is 1.90 bits per heavy atom. The fourth-order valence-corrected chi connectivity index (χ4v) is 4.92. The van der Waals surface area contributed by atoms with Crippen molar-refractivity contribution < 1.29 is 27.6 Å². The number of nitrogens with two attached hydrogens (primary N) is 1. The minimum atomic E-state index is -4.49. The van der Waals surface area contributed by atoms with Crippen LogP contribution in [0.1, 0.15) is 30.3 Å². The first-order chi connectivity index (χ1) is 18.6. The monoisotopic (exact) mass is 542 g/mol. The molecular weight excluding hydrogens is 517 g/mol. The number of amides is 4. The van der Waals surface area contributed by atoms with Crippen LogP contribution in [0.15, 0.2) is 49.3 Å². The number of hydrogen-bond donors (Lipinski definition) is 2. The lowest BCUT2D eigenvalue weighted by atomic mass is 10.2. The predicted octanol–water partition coefficient (Wildman–Crippen LogP) is 3.06. The molecule has 0 saturated carbocycles. The number of hydrogen-bond acceptors (Lipinski definition) is 6. The van der Waals surface area contributed by atoms with Crippen molar-refractivity contribution in [2.45, 2.75) is 25.1 Å². The summed E-state index contributed by atoms with van der Waals surface area (Å²) in [6.45, 7) is 4.07. The van der Waals surface area contributed by atoms with Gasteiger partial charge in [0.15, 0.2) is 11.6 Å². The number of rotatable bonds is 4. The van der Waals surface area contributed by atoms with E-state index in [1.54, 1.807) is 15.5 Å². The molecule has 3 N–H and O–H groups in total. The highest BCUT2D eigenvalue weighted by Crippen LogP contribution is 2.36. The third-order valence-electron chi connectivity index (χ3n) is 6.83. The number of anilines is 3. The lowest BCUT2D eigenvalue weighted by molar-refractivity contribution is -0.137. The molecular formula is C25H25F3N8O3. The topological polar surface area (TPSA) is 129 Å². The Hall–Kier alpha value is -4.62. The van der Waals surface area contributed by atoms with Gasteiger partial charge >= 0.3 is 12.2 Å². The van der Waals surface area contributed by atoms with E-state index in [2.05, 4.69) is 16.9 Å². The largest absolute Gasteiger partial charge is 0.416 e. The van der Waals surface area contributed by atoms with E-state index in [0.717, 1.165) is 30.7 Å². The zero-order chi connectivity index (χ0) is 27.9. The van der Waals surface area contributed by atoms with Crippen LogP contribution in [0.4, 0.5) is 35.3 Å². The van der Waals surface area contributed by atoms with Gasteiger partial charge in [0.1, 0.15) is 17.9 Å². The highest BCUT2D eigenvalue weighted by molar-refractivity contribution is 6.02. The SMILES string of the molecule is C=CC(=O)N1CCCC1c1nc(N2CCN(C(=O)Nc3ccc(C(F)(F)F)cc3)CC2=O)c2c(N)nccn12. The van der Waals surface area contributed by atoms with Crippen molar-refractivity contribution in [2.24, 2.45) is 0 Å². The van der Waals surface area contributed by atoms with Gasteiger partial charge in [-0.2, -0.15) is 13.2 Å². The van der Waals surface area contributed by atoms with Gasteiger partial charge in [0.2, 0.25) is 11.8 Å². The first-order valence-corrected chi connectivity index (χ1v) is 12.2. The molecule has 204 valence electrons. The summed E-state index contributed by atoms with van der Waals surface area (Å²) in [7, 11) is 0. The summed E-state index contributed by atoms with van der Waals surface area (Å²) < 4.78 is 40.1. The molecule has 4 heterocycles. The number of carbonyl (C=O) groups is 3. The van der Waals surface area contributed by atoms with Crippen LogP contribution in [0.2, 0.25) is 0 Å². The zero-order valence-corrected chi connectivity index (χ0v) is 20.7. The first-order valence-electron chi connectivity index (χ1n) is 12.2. The Bertz CT molecular complexity index is 1450. The molecule has 1 atom stereocenters. The van der Waals surface area contributed by atoms with Gasteiger partial charge < -0.3 is 20.9 Å². The third kappa shape index (κ3) is 4.84. The van der Waals surface area contributed by atoms with Crippen molar-refractivity contribution in [3.8, 4) is 0 Å². The second-order valence-corrected chi connectivity index (χ2v) is 9.19. The van der Waals surface area contributed by atoms with Crippen LogP contribution in [-0.2, 0) is 15.8 Å². The number of alkyl halides is 3. The highest BCUT2D eigenvalue weighted by atomic mass is 19.4. The molecule has 4 amide bonds. The quantitative estimate of drug-likeness (QED) is 0.488. The molecule has 1 aromatic carbocycles. The van der Waals surface area contributed by atoms with Gasteiger partial charge in [0.25, 0.3) is 0 Å². The van der Waals surface area contributed by atoms with Crippen LogP contribution < -0.4 is 16.0 Å². The van der Waals surface area contributed by atoms with Crippen molar-refractivity contribution in [1.29, 1.82) is 0 Å². The average molecular weight is 543 g/mol. The van der Waals surface area contributed by atoms with Crippen LogP contribution in [0.5, 0.6) is 0 Å². The number of piperazine rings is 1. The number of imidazole rings is 1. The second kappa shape index (κ2) is 9.93. The third-order valence-corrected chi connectivity index (χ3v) is 6.83. The molecule has 2 fully saturated rings. The van der Waals surface area contributed by atoms with Crippen molar-refractivity contribution in [1.82, 2.24) is 24.2 Å². The molecule has 2 aromatic heterocycles. The van der Waals surface area contributed by atoms with Crippen molar-refractivity contribution in [3.63, 3.8) is 0 Å². The van der Waals surface area contributed by atoms with Gasteiger partial charge in [-0.05, 0) is 43.2 Å². The number of likely N-dealkylation sites (tertiary alicyclic amines) is 1. The lowest BCUT2D eigenvalue weighted by Gasteiger charge is -2.33. The van der Waals surface area contributed by atoms with E-state index in [0.29, 0.717) is 24.3 Å². The maximum absolute atomic E-state index is 13.2. The Kier molecular flexibility index (Phi) is 6.62. The van der Waals surface area contributed by atoms with Gasteiger partial charge in [-0.25, -0.2) is 14.8 Å². The number of halogens is 3. The van der Waals surface area contributed by atoms with Crippen LogP contribution >= 0.6 is 0 Å². The molecule has 2 aliphatic rings. The van der Waals surface area contributed by atoms with Crippen LogP contribution in [0.25, 0.3) is 5.52 Å². The van der Waals surface area contributed by atoms with E-state index < -0.39 is 23.7 Å². The summed E-state index contributed by atoms with van der Waals surface area (Å²) in [4.78, 5) is 51.6. The Morgan fingerprint density at radius 1 is 1.15 bits per heavy atom. The minimum absolute atomic E-state index is 0.0969. The number of nitrogens with zero attached hydrogens (tertiary/aromatic N) is 6. The van der Waals surface area contributed by atoms with Crippen LogP contribution in [0, 0.1) is 0 Å². The van der Waals surface area contributed by atoms with E-state index >= 15 is 0 Å². The van der Waals surface area contributed by atoms with E-state index in [1.165, 1.54) is 22.1 Å². The molecule has 0 radical (unpaired) electrons. The standard InChI is InChI=1S/C25H25F3N8O3/c1-2-18(37)34-10-3-4-17(34)22-32-23(20-21(29)30-9-11-36(20)22)35-13-12-33(14-19(35)38)24(39)31-16-7-5-15(6-8-16)25(26,27)28/h2,5-9,11,17H,1,3-4,10,12-14H2,(H2,29,30)(H,31,39). The van der Waals surface area contributed by atoms with Crippen molar-refractivity contribution in [2.75, 3.05) is 42.1 Å². The molecule has 39 heavy (non-hydrogen) atoms. The highest BCUT2D eigenvalue weighted by Gasteiger charge is 2.36. The van der Waals surface area contributed by atoms with Gasteiger partial charge in [-0.1, -0.05) is 6.58 Å². The molecule has 2 aliphatic heterocycles. The van der Waals surface area contributed by atoms with Crippen LogP contribution in [-0.4, -0.2) is 68.2 Å². The molecule has 2 saturated heterocycles.